The fourth-order valence-corrected chi connectivity index (χ4v) is 8.68. The van der Waals surface area contributed by atoms with Crippen LogP contribution in [-0.2, 0) is 18.4 Å². The van der Waals surface area contributed by atoms with Gasteiger partial charge in [-0.3, -0.25) is 13.8 Å². The molecule has 0 saturated carbocycles. The molecule has 0 aromatic rings. The van der Waals surface area contributed by atoms with Crippen LogP contribution < -0.4 is 5.32 Å². The van der Waals surface area contributed by atoms with E-state index in [2.05, 4.69) is 31.3 Å². The standard InChI is InChI=1S/C53H105N2O6P/c1-6-8-10-12-14-16-18-20-22-24-25-26-27-28-29-31-32-34-36-38-40-42-44-46-52(56)51(50-61-62(58,59)60-49-48-55(3,4)5)54-53(57)47-45-43-41-39-37-35-33-30-23-21-19-17-15-13-11-9-7-2/h36,38,44,46,51-52,56H,6-35,37,39-43,45,47-50H2,1-5H3,(H-,54,57,58,59)/p+1/b38-36+,46-44+. The third-order valence-corrected chi connectivity index (χ3v) is 13.2. The van der Waals surface area contributed by atoms with E-state index in [0.29, 0.717) is 17.4 Å². The van der Waals surface area contributed by atoms with Gasteiger partial charge in [-0.15, -0.1) is 0 Å². The Kier molecular flexibility index (Phi) is 44.4. The van der Waals surface area contributed by atoms with E-state index in [0.717, 1.165) is 38.5 Å². The molecule has 0 saturated heterocycles. The van der Waals surface area contributed by atoms with Crippen LogP contribution >= 0.6 is 7.82 Å². The lowest BCUT2D eigenvalue weighted by Gasteiger charge is -2.25. The maximum absolute atomic E-state index is 12.9. The summed E-state index contributed by atoms with van der Waals surface area (Å²) >= 11 is 0. The number of allylic oxidation sites excluding steroid dienone is 3. The summed E-state index contributed by atoms with van der Waals surface area (Å²) in [6, 6.07) is -0.859. The van der Waals surface area contributed by atoms with Crippen molar-refractivity contribution in [2.75, 3.05) is 40.9 Å². The van der Waals surface area contributed by atoms with Crippen molar-refractivity contribution in [2.45, 2.75) is 270 Å². The third kappa shape index (κ3) is 47.0. The van der Waals surface area contributed by atoms with Crippen molar-refractivity contribution in [3.63, 3.8) is 0 Å². The number of hydrogen-bond donors (Lipinski definition) is 3. The Morgan fingerprint density at radius 2 is 0.887 bits per heavy atom. The van der Waals surface area contributed by atoms with Gasteiger partial charge in [0.05, 0.1) is 39.9 Å². The quantitative estimate of drug-likeness (QED) is 0.0243. The Labute approximate surface area is 385 Å². The van der Waals surface area contributed by atoms with Gasteiger partial charge >= 0.3 is 7.82 Å². The van der Waals surface area contributed by atoms with E-state index in [1.165, 1.54) is 199 Å². The molecule has 0 spiro atoms. The van der Waals surface area contributed by atoms with Gasteiger partial charge in [0.25, 0.3) is 0 Å². The van der Waals surface area contributed by atoms with Crippen LogP contribution in [0.3, 0.4) is 0 Å². The maximum Gasteiger partial charge on any atom is 0.472 e. The number of likely N-dealkylation sites (N-methyl/N-ethyl adjacent to an activating group) is 1. The first-order valence-electron chi connectivity index (χ1n) is 26.7. The maximum atomic E-state index is 12.9. The molecular formula is C53H106N2O6P+. The van der Waals surface area contributed by atoms with E-state index in [1.54, 1.807) is 6.08 Å². The molecule has 1 amide bonds. The van der Waals surface area contributed by atoms with Crippen LogP contribution in [-0.4, -0.2) is 73.4 Å². The van der Waals surface area contributed by atoms with Crippen molar-refractivity contribution in [3.8, 4) is 0 Å². The molecule has 0 aromatic carbocycles. The fourth-order valence-electron chi connectivity index (χ4n) is 7.94. The van der Waals surface area contributed by atoms with E-state index in [-0.39, 0.29) is 19.1 Å². The van der Waals surface area contributed by atoms with Crippen LogP contribution in [0.4, 0.5) is 0 Å². The van der Waals surface area contributed by atoms with Gasteiger partial charge in [-0.05, 0) is 32.1 Å². The van der Waals surface area contributed by atoms with Crippen molar-refractivity contribution in [1.29, 1.82) is 0 Å². The number of rotatable bonds is 49. The second-order valence-electron chi connectivity index (χ2n) is 19.6. The number of hydrogen-bond acceptors (Lipinski definition) is 5. The van der Waals surface area contributed by atoms with Crippen LogP contribution in [0.25, 0.3) is 0 Å². The first kappa shape index (κ1) is 61.0. The predicted molar refractivity (Wildman–Crippen MR) is 268 cm³/mol. The minimum atomic E-state index is -4.35. The molecule has 3 atom stereocenters. The normalized spacial score (nSPS) is 14.2. The van der Waals surface area contributed by atoms with Crippen molar-refractivity contribution < 1.29 is 32.9 Å². The second kappa shape index (κ2) is 45.1. The Morgan fingerprint density at radius 1 is 0.532 bits per heavy atom. The highest BCUT2D eigenvalue weighted by molar-refractivity contribution is 7.47. The molecule has 9 heteroatoms. The minimum absolute atomic E-state index is 0.0586. The van der Waals surface area contributed by atoms with Gasteiger partial charge in [-0.2, -0.15) is 0 Å². The summed E-state index contributed by atoms with van der Waals surface area (Å²) < 4.78 is 23.6. The first-order chi connectivity index (χ1) is 30.0. The molecule has 0 bridgehead atoms. The van der Waals surface area contributed by atoms with Gasteiger partial charge in [-0.1, -0.05) is 244 Å². The predicted octanol–water partition coefficient (Wildman–Crippen LogP) is 15.6. The monoisotopic (exact) mass is 898 g/mol. The number of quaternary nitrogens is 1. The number of phosphoric ester groups is 1. The van der Waals surface area contributed by atoms with E-state index in [1.807, 2.05) is 27.2 Å². The van der Waals surface area contributed by atoms with Crippen molar-refractivity contribution in [2.24, 2.45) is 0 Å². The van der Waals surface area contributed by atoms with Gasteiger partial charge < -0.3 is 19.8 Å². The lowest BCUT2D eigenvalue weighted by molar-refractivity contribution is -0.870. The zero-order valence-corrected chi connectivity index (χ0v) is 42.8. The molecule has 0 aliphatic carbocycles. The lowest BCUT2D eigenvalue weighted by atomic mass is 10.0. The summed E-state index contributed by atoms with van der Waals surface area (Å²) in [4.78, 5) is 23.2. The number of unbranched alkanes of at least 4 members (excludes halogenated alkanes) is 34. The van der Waals surface area contributed by atoms with Crippen molar-refractivity contribution in [3.05, 3.63) is 24.3 Å². The van der Waals surface area contributed by atoms with Gasteiger partial charge in [0.15, 0.2) is 0 Å². The molecule has 0 heterocycles. The van der Waals surface area contributed by atoms with Gasteiger partial charge in [0, 0.05) is 6.42 Å². The van der Waals surface area contributed by atoms with Crippen LogP contribution in [0.15, 0.2) is 24.3 Å². The van der Waals surface area contributed by atoms with Gasteiger partial charge in [0.1, 0.15) is 13.2 Å². The third-order valence-electron chi connectivity index (χ3n) is 12.2. The molecular weight excluding hydrogens is 792 g/mol. The molecule has 3 N–H and O–H groups in total. The summed E-state index contributed by atoms with van der Waals surface area (Å²) in [5.74, 6) is -0.182. The molecule has 368 valence electrons. The minimum Gasteiger partial charge on any atom is -0.387 e. The SMILES string of the molecule is CCCCCCCCCCCCCCCCCCC/C=C/CC/C=C/C(O)C(COP(=O)(O)OCC[N+](C)(C)C)NC(=O)CCCCCCCCCCCCCCCCCCC. The van der Waals surface area contributed by atoms with Crippen LogP contribution in [0, 0.1) is 0 Å². The first-order valence-corrected chi connectivity index (χ1v) is 28.2. The second-order valence-corrected chi connectivity index (χ2v) is 21.1. The fraction of sp³-hybridized carbons (Fsp3) is 0.906. The number of carbonyl (C=O) groups excluding carboxylic acids is 1. The number of amides is 1. The number of aliphatic hydroxyl groups is 1. The summed E-state index contributed by atoms with van der Waals surface area (Å²) in [7, 11) is 1.57. The highest BCUT2D eigenvalue weighted by atomic mass is 31.2. The number of aliphatic hydroxyl groups excluding tert-OH is 1. The Morgan fingerprint density at radius 3 is 1.29 bits per heavy atom. The van der Waals surface area contributed by atoms with E-state index >= 15 is 0 Å². The average molecular weight is 898 g/mol. The molecule has 0 aliphatic heterocycles. The number of nitrogens with one attached hydrogen (secondary N) is 1. The van der Waals surface area contributed by atoms with E-state index < -0.39 is 20.0 Å². The van der Waals surface area contributed by atoms with E-state index in [9.17, 15) is 19.4 Å². The highest BCUT2D eigenvalue weighted by Crippen LogP contribution is 2.43. The Balaban J connectivity index is 4.30. The van der Waals surface area contributed by atoms with Crippen molar-refractivity contribution >= 4 is 13.7 Å². The lowest BCUT2D eigenvalue weighted by Crippen LogP contribution is -2.45. The van der Waals surface area contributed by atoms with Crippen LogP contribution in [0.2, 0.25) is 0 Å². The average Bonchev–Trinajstić information content (AvgIpc) is 3.23. The van der Waals surface area contributed by atoms with Crippen molar-refractivity contribution in [1.82, 2.24) is 5.32 Å². The number of nitrogens with zero attached hydrogens (tertiary/aromatic N) is 1. The zero-order chi connectivity index (χ0) is 45.7. The molecule has 0 fully saturated rings. The van der Waals surface area contributed by atoms with Crippen LogP contribution in [0.1, 0.15) is 258 Å². The Bertz CT molecular complexity index is 1060. The van der Waals surface area contributed by atoms with Gasteiger partial charge in [-0.25, -0.2) is 4.57 Å². The molecule has 62 heavy (non-hydrogen) atoms. The smallest absolute Gasteiger partial charge is 0.387 e. The molecule has 8 nitrogen and oxygen atoms in total. The largest absolute Gasteiger partial charge is 0.472 e. The number of phosphoric acid groups is 1. The molecule has 3 unspecified atom stereocenters. The zero-order valence-electron chi connectivity index (χ0n) is 41.9. The summed E-state index contributed by atoms with van der Waals surface area (Å²) in [5, 5.41) is 13.9. The summed E-state index contributed by atoms with van der Waals surface area (Å²) in [6.07, 6.45) is 55.5. The van der Waals surface area contributed by atoms with Gasteiger partial charge in [0.2, 0.25) is 5.91 Å². The topological polar surface area (TPSA) is 105 Å². The molecule has 0 aliphatic rings. The van der Waals surface area contributed by atoms with Crippen LogP contribution in [0.5, 0.6) is 0 Å². The summed E-state index contributed by atoms with van der Waals surface area (Å²) in [6.45, 7) is 4.83. The molecule has 0 rings (SSSR count). The summed E-state index contributed by atoms with van der Waals surface area (Å²) in [5.41, 5.74) is 0. The Hall–Kier alpha value is -1.02. The molecule has 0 radical (unpaired) electrons. The van der Waals surface area contributed by atoms with E-state index in [4.69, 9.17) is 9.05 Å². The number of carbonyl (C=O) groups is 1. The highest BCUT2D eigenvalue weighted by Gasteiger charge is 2.27. The molecule has 0 aromatic heterocycles.